The number of benzene rings is 1. The average molecular weight is 353 g/mol. The van der Waals surface area contributed by atoms with Crippen molar-refractivity contribution in [2.24, 2.45) is 0 Å². The number of rotatable bonds is 7. The predicted octanol–water partition coefficient (Wildman–Crippen LogP) is 2.46. The zero-order valence-corrected chi connectivity index (χ0v) is 15.1. The summed E-state index contributed by atoms with van der Waals surface area (Å²) in [5.74, 6) is -0.0331. The Bertz CT molecular complexity index is 653. The van der Waals surface area contributed by atoms with Gasteiger partial charge in [-0.15, -0.1) is 12.4 Å². The van der Waals surface area contributed by atoms with E-state index < -0.39 is 0 Å². The first-order valence-corrected chi connectivity index (χ1v) is 7.84. The molecule has 0 unspecified atom stereocenters. The minimum Gasteiger partial charge on any atom is -0.504 e. The van der Waals surface area contributed by atoms with Gasteiger partial charge in [-0.25, -0.2) is 4.68 Å². The van der Waals surface area contributed by atoms with Gasteiger partial charge in [-0.3, -0.25) is 4.79 Å². The van der Waals surface area contributed by atoms with Crippen LogP contribution >= 0.6 is 12.4 Å². The third-order valence-electron chi connectivity index (χ3n) is 3.62. The Hall–Kier alpha value is -2.05. The summed E-state index contributed by atoms with van der Waals surface area (Å²) in [6, 6.07) is 7.90. The fourth-order valence-corrected chi connectivity index (χ4v) is 2.22. The molecule has 0 aliphatic rings. The largest absolute Gasteiger partial charge is 0.504 e. The zero-order chi connectivity index (χ0) is 16.8. The molecule has 0 saturated heterocycles. The number of nitrogens with zero attached hydrogens (tertiary/aromatic N) is 2. The third kappa shape index (κ3) is 4.97. The van der Waals surface area contributed by atoms with E-state index in [4.69, 9.17) is 0 Å². The smallest absolute Gasteiger partial charge is 0.275 e. The van der Waals surface area contributed by atoms with Crippen LogP contribution in [0.1, 0.15) is 42.2 Å². The number of amides is 1. The fraction of sp³-hybridized carbons (Fsp3) is 0.412. The van der Waals surface area contributed by atoms with Gasteiger partial charge in [0.25, 0.3) is 5.91 Å². The summed E-state index contributed by atoms with van der Waals surface area (Å²) in [4.78, 5) is 12.0. The van der Waals surface area contributed by atoms with Crippen molar-refractivity contribution < 1.29 is 9.90 Å². The Morgan fingerprint density at radius 1 is 1.25 bits per heavy atom. The molecule has 0 radical (unpaired) electrons. The minimum absolute atomic E-state index is 0. The lowest BCUT2D eigenvalue weighted by Crippen LogP contribution is -2.27. The molecule has 1 aromatic carbocycles. The Kier molecular flexibility index (Phi) is 7.74. The van der Waals surface area contributed by atoms with E-state index in [0.717, 1.165) is 18.7 Å². The maximum absolute atomic E-state index is 12.0. The molecular weight excluding hydrogens is 328 g/mol. The van der Waals surface area contributed by atoms with Gasteiger partial charge in [-0.2, -0.15) is 5.10 Å². The first-order valence-electron chi connectivity index (χ1n) is 7.84. The highest BCUT2D eigenvalue weighted by atomic mass is 35.5. The van der Waals surface area contributed by atoms with Gasteiger partial charge in [0.15, 0.2) is 11.4 Å². The van der Waals surface area contributed by atoms with E-state index in [1.165, 1.54) is 16.4 Å². The molecule has 6 nitrogen and oxygen atoms in total. The van der Waals surface area contributed by atoms with E-state index in [9.17, 15) is 9.90 Å². The van der Waals surface area contributed by atoms with Crippen molar-refractivity contribution in [2.75, 3.05) is 20.1 Å². The molecule has 1 aromatic heterocycles. The van der Waals surface area contributed by atoms with Crippen molar-refractivity contribution in [1.82, 2.24) is 20.4 Å². The molecule has 1 heterocycles. The Morgan fingerprint density at radius 2 is 1.92 bits per heavy atom. The second-order valence-electron chi connectivity index (χ2n) is 5.77. The van der Waals surface area contributed by atoms with Crippen molar-refractivity contribution in [3.63, 3.8) is 0 Å². The van der Waals surface area contributed by atoms with Crippen molar-refractivity contribution in [1.29, 1.82) is 0 Å². The van der Waals surface area contributed by atoms with E-state index in [1.807, 2.05) is 31.3 Å². The Balaban J connectivity index is 0.00000288. The van der Waals surface area contributed by atoms with Gasteiger partial charge in [0.2, 0.25) is 0 Å². The summed E-state index contributed by atoms with van der Waals surface area (Å²) in [6.45, 7) is 5.62. The quantitative estimate of drug-likeness (QED) is 0.669. The topological polar surface area (TPSA) is 79.2 Å². The van der Waals surface area contributed by atoms with Gasteiger partial charge >= 0.3 is 0 Å². The van der Waals surface area contributed by atoms with E-state index in [1.54, 1.807) is 0 Å². The normalized spacial score (nSPS) is 10.5. The van der Waals surface area contributed by atoms with Crippen LogP contribution in [0.25, 0.3) is 5.69 Å². The van der Waals surface area contributed by atoms with Crippen LogP contribution in [-0.2, 0) is 0 Å². The second kappa shape index (κ2) is 9.30. The number of hydrogen-bond acceptors (Lipinski definition) is 4. The molecule has 2 aromatic rings. The number of hydrogen-bond donors (Lipinski definition) is 3. The van der Waals surface area contributed by atoms with Crippen molar-refractivity contribution in [2.45, 2.75) is 26.2 Å². The molecule has 132 valence electrons. The number of carbonyl (C=O) groups excluding carboxylic acids is 1. The van der Waals surface area contributed by atoms with E-state index in [2.05, 4.69) is 29.6 Å². The van der Waals surface area contributed by atoms with E-state index in [0.29, 0.717) is 12.5 Å². The fourth-order valence-electron chi connectivity index (χ4n) is 2.22. The van der Waals surface area contributed by atoms with Gasteiger partial charge in [0.1, 0.15) is 0 Å². The number of aromatic hydroxyl groups is 1. The van der Waals surface area contributed by atoms with Gasteiger partial charge in [-0.05, 0) is 43.6 Å². The molecule has 0 aliphatic carbocycles. The zero-order valence-electron chi connectivity index (χ0n) is 14.2. The highest BCUT2D eigenvalue weighted by molar-refractivity contribution is 5.94. The molecule has 0 atom stereocenters. The van der Waals surface area contributed by atoms with E-state index >= 15 is 0 Å². The lowest BCUT2D eigenvalue weighted by molar-refractivity contribution is 0.0945. The van der Waals surface area contributed by atoms with Crippen LogP contribution in [0.2, 0.25) is 0 Å². The maximum Gasteiger partial charge on any atom is 0.275 e. The molecule has 3 N–H and O–H groups in total. The lowest BCUT2D eigenvalue weighted by atomic mass is 10.0. The molecule has 0 fully saturated rings. The molecule has 1 amide bonds. The predicted molar refractivity (Wildman–Crippen MR) is 97.4 cm³/mol. The van der Waals surface area contributed by atoms with Crippen LogP contribution in [-0.4, -0.2) is 40.9 Å². The van der Waals surface area contributed by atoms with Crippen LogP contribution in [0, 0.1) is 0 Å². The molecule has 0 bridgehead atoms. The molecule has 0 saturated carbocycles. The number of carbonyl (C=O) groups is 1. The number of aromatic nitrogens is 2. The highest BCUT2D eigenvalue weighted by Crippen LogP contribution is 2.20. The first kappa shape index (κ1) is 20.0. The summed E-state index contributed by atoms with van der Waals surface area (Å²) in [7, 11) is 1.86. The summed E-state index contributed by atoms with van der Waals surface area (Å²) < 4.78 is 1.52. The lowest BCUT2D eigenvalue weighted by Gasteiger charge is -2.06. The minimum atomic E-state index is -0.365. The molecule has 24 heavy (non-hydrogen) atoms. The molecular formula is C17H25ClN4O2. The third-order valence-corrected chi connectivity index (χ3v) is 3.62. The van der Waals surface area contributed by atoms with Crippen LogP contribution < -0.4 is 10.6 Å². The molecule has 0 aliphatic heterocycles. The maximum atomic E-state index is 12.0. The summed E-state index contributed by atoms with van der Waals surface area (Å²) in [5, 5.41) is 19.9. The molecule has 2 rings (SSSR count). The van der Waals surface area contributed by atoms with Crippen LogP contribution in [0.5, 0.6) is 5.75 Å². The first-order chi connectivity index (χ1) is 11.0. The second-order valence-corrected chi connectivity index (χ2v) is 5.77. The SMILES string of the molecule is CNCCCNC(=O)c1nn(-c2ccc(C(C)C)cc2)cc1O.Cl. The summed E-state index contributed by atoms with van der Waals surface area (Å²) in [6.07, 6.45) is 2.27. The Morgan fingerprint density at radius 3 is 2.50 bits per heavy atom. The molecule has 0 spiro atoms. The number of halogens is 1. The van der Waals surface area contributed by atoms with Crippen molar-refractivity contribution in [3.05, 3.63) is 41.7 Å². The summed E-state index contributed by atoms with van der Waals surface area (Å²) in [5.41, 5.74) is 2.08. The average Bonchev–Trinajstić information content (AvgIpc) is 2.93. The standard InChI is InChI=1S/C17H24N4O2.ClH/c1-12(2)13-5-7-14(8-6-13)21-11-15(22)16(20-21)17(23)19-10-4-9-18-3;/h5-8,11-12,18,22H,4,9-10H2,1-3H3,(H,19,23);1H. The highest BCUT2D eigenvalue weighted by Gasteiger charge is 2.16. The van der Waals surface area contributed by atoms with Gasteiger partial charge in [-0.1, -0.05) is 26.0 Å². The van der Waals surface area contributed by atoms with Crippen molar-refractivity contribution in [3.8, 4) is 11.4 Å². The summed E-state index contributed by atoms with van der Waals surface area (Å²) >= 11 is 0. The Labute approximate surface area is 148 Å². The monoisotopic (exact) mass is 352 g/mol. The van der Waals surface area contributed by atoms with Gasteiger partial charge in [0.05, 0.1) is 11.9 Å². The van der Waals surface area contributed by atoms with Crippen LogP contribution in [0.3, 0.4) is 0 Å². The van der Waals surface area contributed by atoms with Crippen LogP contribution in [0.15, 0.2) is 30.5 Å². The van der Waals surface area contributed by atoms with Crippen LogP contribution in [0.4, 0.5) is 0 Å². The molecule has 7 heteroatoms. The van der Waals surface area contributed by atoms with Gasteiger partial charge in [0, 0.05) is 6.54 Å². The van der Waals surface area contributed by atoms with Gasteiger partial charge < -0.3 is 15.7 Å². The van der Waals surface area contributed by atoms with Crippen molar-refractivity contribution >= 4 is 18.3 Å². The number of nitrogens with one attached hydrogen (secondary N) is 2. The van der Waals surface area contributed by atoms with E-state index in [-0.39, 0.29) is 29.8 Å².